The molecule has 1 aromatic heterocycles. The lowest BCUT2D eigenvalue weighted by molar-refractivity contribution is 1.06. The third-order valence-electron chi connectivity index (χ3n) is 2.68. The Labute approximate surface area is 97.8 Å². The van der Waals surface area contributed by atoms with Crippen LogP contribution in [-0.4, -0.2) is 4.98 Å². The molecule has 0 spiro atoms. The summed E-state index contributed by atoms with van der Waals surface area (Å²) in [4.78, 5) is 4.58. The van der Waals surface area contributed by atoms with Gasteiger partial charge in [0, 0.05) is 10.8 Å². The van der Waals surface area contributed by atoms with Crippen molar-refractivity contribution in [1.29, 1.82) is 0 Å². The molecule has 4 heteroatoms. The number of nitrogens with zero attached hydrogens (tertiary/aromatic N) is 3. The maximum atomic E-state index is 5.03. The Morgan fingerprint density at radius 3 is 2.59 bits per heavy atom. The minimum Gasteiger partial charge on any atom is -0.305 e. The average Bonchev–Trinajstić information content (AvgIpc) is 2.36. The Kier molecular flexibility index (Phi) is 2.19. The summed E-state index contributed by atoms with van der Waals surface area (Å²) in [5.74, 6) is 5.03. The van der Waals surface area contributed by atoms with Crippen LogP contribution in [0.5, 0.6) is 0 Å². The molecule has 4 nitrogen and oxygen atoms in total. The minimum absolute atomic E-state index is 0.711. The fourth-order valence-electron chi connectivity index (χ4n) is 1.89. The number of hydrogen-bond acceptors (Lipinski definition) is 3. The van der Waals surface area contributed by atoms with Crippen LogP contribution >= 0.6 is 0 Å². The summed E-state index contributed by atoms with van der Waals surface area (Å²) in [6, 6.07) is 15.9. The third-order valence-corrected chi connectivity index (χ3v) is 2.68. The van der Waals surface area contributed by atoms with E-state index in [2.05, 4.69) is 27.5 Å². The summed E-state index contributed by atoms with van der Waals surface area (Å²) in [6.07, 6.45) is 0. The van der Waals surface area contributed by atoms with E-state index in [1.165, 1.54) is 0 Å². The van der Waals surface area contributed by atoms with Gasteiger partial charge in [-0.05, 0) is 24.3 Å². The molecule has 0 aliphatic carbocycles. The molecule has 0 amide bonds. The number of fused-ring (bicyclic) bond motifs is 2. The fraction of sp³-hybridized carbons (Fsp3) is 0. The van der Waals surface area contributed by atoms with Crippen molar-refractivity contribution in [1.82, 2.24) is 4.98 Å². The van der Waals surface area contributed by atoms with Crippen LogP contribution in [0.25, 0.3) is 21.8 Å². The summed E-state index contributed by atoms with van der Waals surface area (Å²) in [5.41, 5.74) is 2.58. The molecule has 0 fully saturated rings. The van der Waals surface area contributed by atoms with E-state index in [0.717, 1.165) is 21.8 Å². The number of benzene rings is 2. The molecular weight excluding hydrogens is 212 g/mol. The highest BCUT2D eigenvalue weighted by molar-refractivity contribution is 5.93. The van der Waals surface area contributed by atoms with Gasteiger partial charge in [-0.2, -0.15) is 0 Å². The molecule has 0 saturated heterocycles. The summed E-state index contributed by atoms with van der Waals surface area (Å²) in [5, 5.41) is 9.29. The summed E-state index contributed by atoms with van der Waals surface area (Å²) in [6.45, 7) is 0. The number of nitrogens with two attached hydrogens (primary N) is 1. The molecule has 0 unspecified atom stereocenters. The van der Waals surface area contributed by atoms with E-state index in [9.17, 15) is 0 Å². The summed E-state index contributed by atoms with van der Waals surface area (Å²) < 4.78 is 0. The molecule has 3 rings (SSSR count). The third kappa shape index (κ3) is 1.69. The first-order chi connectivity index (χ1) is 8.36. The molecule has 17 heavy (non-hydrogen) atoms. The van der Waals surface area contributed by atoms with Gasteiger partial charge in [0.1, 0.15) is 0 Å². The average molecular weight is 222 g/mol. The largest absolute Gasteiger partial charge is 0.305 e. The number of rotatable bonds is 1. The Balaban J connectivity index is 2.32. The Morgan fingerprint density at radius 2 is 1.71 bits per heavy atom. The van der Waals surface area contributed by atoms with Gasteiger partial charge in [0.15, 0.2) is 0 Å². The van der Waals surface area contributed by atoms with Gasteiger partial charge >= 0.3 is 0 Å². The maximum absolute atomic E-state index is 5.03. The van der Waals surface area contributed by atoms with Crippen LogP contribution in [0.4, 0.5) is 5.69 Å². The normalized spacial score (nSPS) is 11.5. The molecular formula is C13H10N4. The van der Waals surface area contributed by atoms with Crippen molar-refractivity contribution in [2.75, 3.05) is 0 Å². The van der Waals surface area contributed by atoms with Crippen LogP contribution in [0.15, 0.2) is 58.9 Å². The maximum Gasteiger partial charge on any atom is 0.0895 e. The lowest BCUT2D eigenvalue weighted by Gasteiger charge is -2.01. The van der Waals surface area contributed by atoms with Crippen LogP contribution in [0.2, 0.25) is 0 Å². The molecule has 1 heterocycles. The molecule has 0 saturated carbocycles. The number of pyridine rings is 1. The topological polar surface area (TPSA) is 63.6 Å². The predicted molar refractivity (Wildman–Crippen MR) is 68.0 cm³/mol. The molecule has 0 aliphatic heterocycles. The highest BCUT2D eigenvalue weighted by Gasteiger charge is 2.00. The van der Waals surface area contributed by atoms with Crippen LogP contribution in [-0.2, 0) is 0 Å². The van der Waals surface area contributed by atoms with Crippen molar-refractivity contribution in [3.8, 4) is 0 Å². The van der Waals surface area contributed by atoms with Crippen LogP contribution < -0.4 is 5.84 Å². The van der Waals surface area contributed by atoms with E-state index in [1.54, 1.807) is 0 Å². The Morgan fingerprint density at radius 1 is 0.882 bits per heavy atom. The van der Waals surface area contributed by atoms with Crippen molar-refractivity contribution in [3.05, 3.63) is 48.5 Å². The zero-order valence-corrected chi connectivity index (χ0v) is 9.04. The fourth-order valence-corrected chi connectivity index (χ4v) is 1.89. The van der Waals surface area contributed by atoms with Crippen molar-refractivity contribution < 1.29 is 0 Å². The smallest absolute Gasteiger partial charge is 0.0895 e. The van der Waals surface area contributed by atoms with Crippen LogP contribution in [0.3, 0.4) is 0 Å². The zero-order valence-electron chi connectivity index (χ0n) is 9.04. The quantitative estimate of drug-likeness (QED) is 0.297. The lowest BCUT2D eigenvalue weighted by Crippen LogP contribution is -1.82. The Bertz CT molecular complexity index is 719. The second-order valence-corrected chi connectivity index (χ2v) is 3.77. The molecule has 3 aromatic rings. The molecule has 0 atom stereocenters. The van der Waals surface area contributed by atoms with Gasteiger partial charge in [-0.15, -0.1) is 5.11 Å². The summed E-state index contributed by atoms with van der Waals surface area (Å²) in [7, 11) is 0. The highest BCUT2D eigenvalue weighted by atomic mass is 15.3. The van der Waals surface area contributed by atoms with E-state index in [0.29, 0.717) is 5.69 Å². The molecule has 0 aliphatic rings. The summed E-state index contributed by atoms with van der Waals surface area (Å²) >= 11 is 0. The first-order valence-corrected chi connectivity index (χ1v) is 5.27. The lowest BCUT2D eigenvalue weighted by atomic mass is 10.1. The van der Waals surface area contributed by atoms with Crippen LogP contribution in [0, 0.1) is 0 Å². The predicted octanol–water partition coefficient (Wildman–Crippen LogP) is 3.35. The Hall–Kier alpha value is -2.49. The number of hydrogen-bond donors (Lipinski definition) is 1. The van der Waals surface area contributed by atoms with E-state index >= 15 is 0 Å². The second-order valence-electron chi connectivity index (χ2n) is 3.77. The van der Waals surface area contributed by atoms with E-state index < -0.39 is 0 Å². The first-order valence-electron chi connectivity index (χ1n) is 5.27. The van der Waals surface area contributed by atoms with Gasteiger partial charge in [0.25, 0.3) is 0 Å². The van der Waals surface area contributed by atoms with Gasteiger partial charge in [-0.25, -0.2) is 4.98 Å². The van der Waals surface area contributed by atoms with Crippen molar-refractivity contribution >= 4 is 27.5 Å². The number of aromatic nitrogens is 1. The van der Waals surface area contributed by atoms with E-state index in [-0.39, 0.29) is 0 Å². The molecule has 2 aromatic carbocycles. The number of para-hydroxylation sites is 1. The standard InChI is InChI=1S/C13H10N4/c14-17-16-11-6-5-10-7-9-3-1-2-4-12(9)15-13(10)8-11/h1-8H,(H2,14,16). The molecule has 0 radical (unpaired) electrons. The zero-order chi connectivity index (χ0) is 11.7. The molecule has 82 valence electrons. The second kappa shape index (κ2) is 3.83. The van der Waals surface area contributed by atoms with E-state index in [4.69, 9.17) is 5.84 Å². The van der Waals surface area contributed by atoms with Gasteiger partial charge in [-0.3, -0.25) is 0 Å². The van der Waals surface area contributed by atoms with Gasteiger partial charge in [0.05, 0.1) is 16.7 Å². The van der Waals surface area contributed by atoms with Crippen LogP contribution in [0.1, 0.15) is 0 Å². The van der Waals surface area contributed by atoms with Gasteiger partial charge in [-0.1, -0.05) is 29.5 Å². The van der Waals surface area contributed by atoms with E-state index in [1.807, 2.05) is 36.4 Å². The van der Waals surface area contributed by atoms with Gasteiger partial charge < -0.3 is 5.84 Å². The van der Waals surface area contributed by atoms with Crippen molar-refractivity contribution in [3.63, 3.8) is 0 Å². The minimum atomic E-state index is 0.711. The SMILES string of the molecule is NN=Nc1ccc2cc3ccccc3nc2c1. The molecule has 0 bridgehead atoms. The highest BCUT2D eigenvalue weighted by Crippen LogP contribution is 2.23. The van der Waals surface area contributed by atoms with Gasteiger partial charge in [0.2, 0.25) is 0 Å². The van der Waals surface area contributed by atoms with Crippen molar-refractivity contribution in [2.24, 2.45) is 16.2 Å². The van der Waals surface area contributed by atoms with Crippen molar-refractivity contribution in [2.45, 2.75) is 0 Å². The molecule has 2 N–H and O–H groups in total. The first kappa shape index (κ1) is 9.72. The monoisotopic (exact) mass is 222 g/mol.